The second-order valence-electron chi connectivity index (χ2n) is 5.03. The number of carbonyl (C=O) groups is 2. The molecule has 10 heteroatoms. The van der Waals surface area contributed by atoms with Gasteiger partial charge >= 0.3 is 12.1 Å². The number of halogens is 4. The van der Waals surface area contributed by atoms with Crippen LogP contribution in [0.4, 0.5) is 17.6 Å². The highest BCUT2D eigenvalue weighted by molar-refractivity contribution is 5.95. The zero-order valence-corrected chi connectivity index (χ0v) is 11.6. The van der Waals surface area contributed by atoms with Gasteiger partial charge in [0, 0.05) is 30.8 Å². The van der Waals surface area contributed by atoms with E-state index in [0.717, 1.165) is 17.2 Å². The van der Waals surface area contributed by atoms with E-state index in [1.54, 1.807) is 0 Å². The normalized spacial score (nSPS) is 21.3. The minimum absolute atomic E-state index is 0.0631. The number of aromatic nitrogens is 1. The molecule has 6 nitrogen and oxygen atoms in total. The van der Waals surface area contributed by atoms with Crippen LogP contribution in [0.5, 0.6) is 5.88 Å². The van der Waals surface area contributed by atoms with Crippen molar-refractivity contribution in [2.24, 2.45) is 0 Å². The Morgan fingerprint density at radius 1 is 1.43 bits per heavy atom. The number of pyridine rings is 1. The van der Waals surface area contributed by atoms with Crippen molar-refractivity contribution in [3.05, 3.63) is 23.9 Å². The van der Waals surface area contributed by atoms with Crippen molar-refractivity contribution >= 4 is 11.9 Å². The molecule has 126 valence electrons. The van der Waals surface area contributed by atoms with Gasteiger partial charge in [0.05, 0.1) is 6.54 Å². The Balaban J connectivity index is 2.07. The average Bonchev–Trinajstić information content (AvgIpc) is 2.88. The molecule has 0 aromatic carbocycles. The van der Waals surface area contributed by atoms with Gasteiger partial charge in [-0.25, -0.2) is 14.2 Å². The largest absolute Gasteiger partial charge is 0.479 e. The van der Waals surface area contributed by atoms with Crippen LogP contribution in [-0.2, 0) is 4.79 Å². The summed E-state index contributed by atoms with van der Waals surface area (Å²) < 4.78 is 54.6. The third-order valence-electron chi connectivity index (χ3n) is 3.26. The summed E-state index contributed by atoms with van der Waals surface area (Å²) in [6.45, 7) is -2.29. The summed E-state index contributed by atoms with van der Waals surface area (Å²) in [5.74, 6) is -2.76. The number of aliphatic carboxylic acids is 1. The number of alkyl halides is 4. The van der Waals surface area contributed by atoms with Gasteiger partial charge in [-0.15, -0.1) is 0 Å². The van der Waals surface area contributed by atoms with Crippen LogP contribution in [0.15, 0.2) is 18.3 Å². The third-order valence-corrected chi connectivity index (χ3v) is 3.26. The van der Waals surface area contributed by atoms with Gasteiger partial charge in [0.25, 0.3) is 5.91 Å². The van der Waals surface area contributed by atoms with Crippen molar-refractivity contribution in [3.8, 4) is 5.88 Å². The third kappa shape index (κ3) is 4.08. The van der Waals surface area contributed by atoms with Crippen LogP contribution < -0.4 is 4.74 Å². The van der Waals surface area contributed by atoms with Gasteiger partial charge in [-0.2, -0.15) is 13.2 Å². The molecule has 0 radical (unpaired) electrons. The molecular formula is C13H12F4N2O4. The van der Waals surface area contributed by atoms with Crippen molar-refractivity contribution in [2.75, 3.05) is 19.7 Å². The maximum Gasteiger partial charge on any atom is 0.422 e. The first kappa shape index (κ1) is 17.0. The number of carboxylic acids is 1. The van der Waals surface area contributed by atoms with E-state index in [0.29, 0.717) is 0 Å². The van der Waals surface area contributed by atoms with Gasteiger partial charge in [-0.3, -0.25) is 4.79 Å². The van der Waals surface area contributed by atoms with Crippen LogP contribution in [0.25, 0.3) is 0 Å². The molecule has 2 rings (SSSR count). The number of rotatable bonds is 4. The zero-order chi connectivity index (χ0) is 17.3. The molecule has 2 heterocycles. The second kappa shape index (κ2) is 6.01. The lowest BCUT2D eigenvalue weighted by Gasteiger charge is -2.18. The van der Waals surface area contributed by atoms with Crippen LogP contribution >= 0.6 is 0 Å². The molecule has 1 N–H and O–H groups in total. The molecule has 23 heavy (non-hydrogen) atoms. The highest BCUT2D eigenvalue weighted by Crippen LogP contribution is 2.27. The molecule has 0 aliphatic carbocycles. The lowest BCUT2D eigenvalue weighted by Crippen LogP contribution is -2.38. The predicted octanol–water partition coefficient (Wildman–Crippen LogP) is 1.66. The molecule has 0 spiro atoms. The molecule has 1 aliphatic rings. The monoisotopic (exact) mass is 336 g/mol. The standard InChI is InChI=1S/C13H12F4N2O4/c14-12(11(21)22)2-4-19(6-12)10(20)8-1-3-18-9(5-8)23-7-13(15,16)17/h1,3,5H,2,4,6-7H2,(H,21,22). The van der Waals surface area contributed by atoms with Gasteiger partial charge in [-0.1, -0.05) is 0 Å². The first-order valence-electron chi connectivity index (χ1n) is 6.48. The molecule has 1 fully saturated rings. The Morgan fingerprint density at radius 3 is 2.70 bits per heavy atom. The first-order chi connectivity index (χ1) is 10.6. The summed E-state index contributed by atoms with van der Waals surface area (Å²) in [5.41, 5.74) is -2.58. The van der Waals surface area contributed by atoms with E-state index in [2.05, 4.69) is 9.72 Å². The van der Waals surface area contributed by atoms with Gasteiger partial charge in [0.15, 0.2) is 6.61 Å². The second-order valence-corrected chi connectivity index (χ2v) is 5.03. The van der Waals surface area contributed by atoms with Crippen molar-refractivity contribution in [1.29, 1.82) is 0 Å². The Kier molecular flexibility index (Phi) is 4.44. The van der Waals surface area contributed by atoms with Gasteiger partial charge in [-0.05, 0) is 6.07 Å². The van der Waals surface area contributed by atoms with E-state index < -0.39 is 42.8 Å². The molecule has 1 atom stereocenters. The predicted molar refractivity (Wildman–Crippen MR) is 67.8 cm³/mol. The fourth-order valence-electron chi connectivity index (χ4n) is 2.08. The van der Waals surface area contributed by atoms with E-state index in [1.165, 1.54) is 6.07 Å². The molecule has 1 saturated heterocycles. The number of nitrogens with zero attached hydrogens (tertiary/aromatic N) is 2. The number of hydrogen-bond donors (Lipinski definition) is 1. The summed E-state index contributed by atoms with van der Waals surface area (Å²) in [5, 5.41) is 8.78. The SMILES string of the molecule is O=C(c1ccnc(OCC(F)(F)F)c1)N1CCC(F)(C(=O)O)C1. The Morgan fingerprint density at radius 2 is 2.13 bits per heavy atom. The van der Waals surface area contributed by atoms with Crippen LogP contribution in [0.1, 0.15) is 16.8 Å². The minimum atomic E-state index is -4.55. The van der Waals surface area contributed by atoms with Crippen LogP contribution in [0.3, 0.4) is 0 Å². The number of ether oxygens (including phenoxy) is 1. The molecule has 0 saturated carbocycles. The smallest absolute Gasteiger partial charge is 0.422 e. The summed E-state index contributed by atoms with van der Waals surface area (Å²) in [6, 6.07) is 2.22. The molecular weight excluding hydrogens is 324 g/mol. The lowest BCUT2D eigenvalue weighted by atomic mass is 10.1. The van der Waals surface area contributed by atoms with Gasteiger partial charge in [0.1, 0.15) is 0 Å². The molecule has 1 aliphatic heterocycles. The Bertz CT molecular complexity index is 622. The van der Waals surface area contributed by atoms with Crippen LogP contribution in [-0.4, -0.2) is 58.4 Å². The molecule has 1 aromatic rings. The van der Waals surface area contributed by atoms with Gasteiger partial charge < -0.3 is 14.7 Å². The van der Waals surface area contributed by atoms with Crippen LogP contribution in [0, 0.1) is 0 Å². The quantitative estimate of drug-likeness (QED) is 0.846. The first-order valence-corrected chi connectivity index (χ1v) is 6.48. The van der Waals surface area contributed by atoms with E-state index in [9.17, 15) is 27.2 Å². The maximum absolute atomic E-state index is 13.9. The molecule has 1 amide bonds. The minimum Gasteiger partial charge on any atom is -0.479 e. The van der Waals surface area contributed by atoms with Crippen molar-refractivity contribution in [1.82, 2.24) is 9.88 Å². The maximum atomic E-state index is 13.9. The van der Waals surface area contributed by atoms with Crippen LogP contribution in [0.2, 0.25) is 0 Å². The lowest BCUT2D eigenvalue weighted by molar-refractivity contribution is -0.154. The highest BCUT2D eigenvalue weighted by atomic mass is 19.4. The van der Waals surface area contributed by atoms with E-state index in [-0.39, 0.29) is 18.5 Å². The van der Waals surface area contributed by atoms with E-state index in [1.807, 2.05) is 0 Å². The number of carbonyl (C=O) groups excluding carboxylic acids is 1. The number of carboxylic acid groups (broad SMARTS) is 1. The highest BCUT2D eigenvalue weighted by Gasteiger charge is 2.47. The number of amides is 1. The summed E-state index contributed by atoms with van der Waals surface area (Å²) in [4.78, 5) is 27.5. The molecule has 0 bridgehead atoms. The molecule has 1 aromatic heterocycles. The topological polar surface area (TPSA) is 79.7 Å². The van der Waals surface area contributed by atoms with Gasteiger partial charge in [0.2, 0.25) is 11.5 Å². The number of likely N-dealkylation sites (tertiary alicyclic amines) is 1. The van der Waals surface area contributed by atoms with E-state index in [4.69, 9.17) is 5.11 Å². The number of hydrogen-bond acceptors (Lipinski definition) is 4. The summed E-state index contributed by atoms with van der Waals surface area (Å²) in [7, 11) is 0. The Labute approximate surface area is 127 Å². The Hall–Kier alpha value is -2.39. The molecule has 1 unspecified atom stereocenters. The van der Waals surface area contributed by atoms with Crippen molar-refractivity contribution in [2.45, 2.75) is 18.3 Å². The van der Waals surface area contributed by atoms with Crippen molar-refractivity contribution in [3.63, 3.8) is 0 Å². The summed E-state index contributed by atoms with van der Waals surface area (Å²) in [6.07, 6.45) is -3.82. The fourth-order valence-corrected chi connectivity index (χ4v) is 2.08. The van der Waals surface area contributed by atoms with E-state index >= 15 is 0 Å². The fraction of sp³-hybridized carbons (Fsp3) is 0.462. The summed E-state index contributed by atoms with van der Waals surface area (Å²) >= 11 is 0. The average molecular weight is 336 g/mol. The van der Waals surface area contributed by atoms with Crippen molar-refractivity contribution < 1.29 is 37.0 Å². The zero-order valence-electron chi connectivity index (χ0n) is 11.6.